The molecule has 1 aliphatic rings. The van der Waals surface area contributed by atoms with Crippen molar-refractivity contribution in [1.29, 1.82) is 0 Å². The van der Waals surface area contributed by atoms with Gasteiger partial charge in [-0.3, -0.25) is 4.79 Å². The van der Waals surface area contributed by atoms with Crippen LogP contribution in [0.2, 0.25) is 0 Å². The Bertz CT molecular complexity index is 538. The maximum Gasteiger partial charge on any atom is 0.227 e. The van der Waals surface area contributed by atoms with Crippen LogP contribution in [0.4, 0.5) is 11.4 Å². The van der Waals surface area contributed by atoms with Gasteiger partial charge < -0.3 is 16.0 Å². The maximum atomic E-state index is 12.3. The molecule has 0 heterocycles. The maximum absolute atomic E-state index is 12.3. The Morgan fingerprint density at radius 3 is 2.59 bits per heavy atom. The summed E-state index contributed by atoms with van der Waals surface area (Å²) in [5, 5.41) is 9.65. The molecule has 1 aromatic rings. The number of nitrogens with one attached hydrogen (secondary N) is 3. The third kappa shape index (κ3) is 5.15. The monoisotopic (exact) mass is 317 g/mol. The lowest BCUT2D eigenvalue weighted by atomic mass is 9.88. The number of thiocarbonyl (C=S) groups is 1. The van der Waals surface area contributed by atoms with E-state index >= 15 is 0 Å². The Labute approximate surface area is 137 Å². The predicted octanol–water partition coefficient (Wildman–Crippen LogP) is 3.68. The average Bonchev–Trinajstić information content (AvgIpc) is 2.54. The quantitative estimate of drug-likeness (QED) is 0.573. The third-order valence-electron chi connectivity index (χ3n) is 3.77. The summed E-state index contributed by atoms with van der Waals surface area (Å²) in [5.41, 5.74) is 1.65. The highest BCUT2D eigenvalue weighted by atomic mass is 32.1. The lowest BCUT2D eigenvalue weighted by Crippen LogP contribution is -2.28. The molecule has 3 N–H and O–H groups in total. The van der Waals surface area contributed by atoms with Crippen LogP contribution in [0.1, 0.15) is 32.1 Å². The van der Waals surface area contributed by atoms with Gasteiger partial charge in [-0.2, -0.15) is 0 Å². The number of benzene rings is 1. The van der Waals surface area contributed by atoms with E-state index < -0.39 is 0 Å². The zero-order valence-corrected chi connectivity index (χ0v) is 13.5. The molecular formula is C17H23N3OS. The molecule has 0 spiro atoms. The van der Waals surface area contributed by atoms with Gasteiger partial charge in [-0.25, -0.2) is 0 Å². The van der Waals surface area contributed by atoms with Gasteiger partial charge in [0.15, 0.2) is 5.11 Å². The summed E-state index contributed by atoms with van der Waals surface area (Å²) >= 11 is 5.18. The normalized spacial score (nSPS) is 14.9. The van der Waals surface area contributed by atoms with Crippen molar-refractivity contribution in [3.8, 4) is 0 Å². The summed E-state index contributed by atoms with van der Waals surface area (Å²) in [6.07, 6.45) is 7.30. The van der Waals surface area contributed by atoms with Gasteiger partial charge >= 0.3 is 0 Å². The minimum atomic E-state index is 0.129. The van der Waals surface area contributed by atoms with Crippen LogP contribution in [0.5, 0.6) is 0 Å². The van der Waals surface area contributed by atoms with Crippen LogP contribution in [0.25, 0.3) is 0 Å². The number of hydrogen-bond donors (Lipinski definition) is 3. The van der Waals surface area contributed by atoms with Gasteiger partial charge in [-0.15, -0.1) is 6.58 Å². The van der Waals surface area contributed by atoms with Crippen molar-refractivity contribution in [3.63, 3.8) is 0 Å². The minimum absolute atomic E-state index is 0.129. The van der Waals surface area contributed by atoms with Crippen LogP contribution in [-0.4, -0.2) is 17.6 Å². The zero-order valence-electron chi connectivity index (χ0n) is 12.7. The summed E-state index contributed by atoms with van der Waals surface area (Å²) in [5.74, 6) is 0.282. The highest BCUT2D eigenvalue weighted by Crippen LogP contribution is 2.25. The van der Waals surface area contributed by atoms with Crippen LogP contribution < -0.4 is 16.0 Å². The standard InChI is InChI=1S/C17H23N3OS/c1-2-11-18-17(22)20-15-10-6-9-14(12-15)19-16(21)13-7-4-3-5-8-13/h2,6,9-10,12-13H,1,3-5,7-8,11H2,(H,19,21)(H2,18,20,22). The molecule has 0 aliphatic heterocycles. The Hall–Kier alpha value is -1.88. The first-order chi connectivity index (χ1) is 10.7. The molecule has 1 aromatic carbocycles. The highest BCUT2D eigenvalue weighted by molar-refractivity contribution is 7.80. The number of anilines is 2. The molecule has 1 saturated carbocycles. The van der Waals surface area contributed by atoms with Crippen molar-refractivity contribution in [3.05, 3.63) is 36.9 Å². The zero-order chi connectivity index (χ0) is 15.8. The van der Waals surface area contributed by atoms with Crippen molar-refractivity contribution >= 4 is 34.6 Å². The fourth-order valence-corrected chi connectivity index (χ4v) is 2.83. The van der Waals surface area contributed by atoms with Gasteiger partial charge in [0.2, 0.25) is 5.91 Å². The first-order valence-electron chi connectivity index (χ1n) is 7.75. The molecule has 0 bridgehead atoms. The third-order valence-corrected chi connectivity index (χ3v) is 4.02. The Morgan fingerprint density at radius 2 is 1.91 bits per heavy atom. The molecule has 0 unspecified atom stereocenters. The minimum Gasteiger partial charge on any atom is -0.359 e. The lowest BCUT2D eigenvalue weighted by molar-refractivity contribution is -0.120. The predicted molar refractivity (Wildman–Crippen MR) is 96.1 cm³/mol. The number of rotatable bonds is 5. The topological polar surface area (TPSA) is 53.2 Å². The van der Waals surface area contributed by atoms with Crippen LogP contribution >= 0.6 is 12.2 Å². The molecule has 118 valence electrons. The van der Waals surface area contributed by atoms with E-state index in [0.717, 1.165) is 37.1 Å². The number of carbonyl (C=O) groups is 1. The second-order valence-electron chi connectivity index (χ2n) is 5.53. The smallest absolute Gasteiger partial charge is 0.227 e. The van der Waals surface area contributed by atoms with Crippen LogP contribution in [0.3, 0.4) is 0 Å². The average molecular weight is 317 g/mol. The van der Waals surface area contributed by atoms with Gasteiger partial charge in [-0.1, -0.05) is 31.4 Å². The van der Waals surface area contributed by atoms with E-state index in [1.54, 1.807) is 6.08 Å². The molecule has 0 atom stereocenters. The van der Waals surface area contributed by atoms with E-state index in [-0.39, 0.29) is 11.8 Å². The molecule has 1 amide bonds. The van der Waals surface area contributed by atoms with E-state index in [4.69, 9.17) is 12.2 Å². The molecule has 0 aromatic heterocycles. The van der Waals surface area contributed by atoms with Gasteiger partial charge in [0.25, 0.3) is 0 Å². The molecule has 1 fully saturated rings. The van der Waals surface area contributed by atoms with E-state index in [1.165, 1.54) is 6.42 Å². The molecule has 5 heteroatoms. The van der Waals surface area contributed by atoms with Crippen LogP contribution in [0, 0.1) is 5.92 Å². The van der Waals surface area contributed by atoms with Crippen molar-refractivity contribution < 1.29 is 4.79 Å². The number of carbonyl (C=O) groups excluding carboxylic acids is 1. The highest BCUT2D eigenvalue weighted by Gasteiger charge is 2.20. The fraction of sp³-hybridized carbons (Fsp3) is 0.412. The first kappa shape index (κ1) is 16.5. The van der Waals surface area contributed by atoms with Crippen LogP contribution in [0.15, 0.2) is 36.9 Å². The molecule has 0 saturated heterocycles. The van der Waals surface area contributed by atoms with Gasteiger partial charge in [-0.05, 0) is 43.3 Å². The second-order valence-corrected chi connectivity index (χ2v) is 5.94. The Kier molecular flexibility index (Phi) is 6.40. The number of amides is 1. The molecular weight excluding hydrogens is 294 g/mol. The fourth-order valence-electron chi connectivity index (χ4n) is 2.62. The van der Waals surface area contributed by atoms with Gasteiger partial charge in [0.05, 0.1) is 0 Å². The Balaban J connectivity index is 1.91. The van der Waals surface area contributed by atoms with Crippen molar-refractivity contribution in [2.45, 2.75) is 32.1 Å². The van der Waals surface area contributed by atoms with E-state index in [0.29, 0.717) is 11.7 Å². The van der Waals surface area contributed by atoms with E-state index in [2.05, 4.69) is 22.5 Å². The molecule has 0 radical (unpaired) electrons. The molecule has 22 heavy (non-hydrogen) atoms. The molecule has 1 aliphatic carbocycles. The van der Waals surface area contributed by atoms with E-state index in [9.17, 15) is 4.79 Å². The molecule has 2 rings (SSSR count). The van der Waals surface area contributed by atoms with Crippen LogP contribution in [-0.2, 0) is 4.79 Å². The summed E-state index contributed by atoms with van der Waals surface area (Å²) in [7, 11) is 0. The summed E-state index contributed by atoms with van der Waals surface area (Å²) < 4.78 is 0. The first-order valence-corrected chi connectivity index (χ1v) is 8.16. The summed E-state index contributed by atoms with van der Waals surface area (Å²) in [6, 6.07) is 7.60. The van der Waals surface area contributed by atoms with Crippen molar-refractivity contribution in [1.82, 2.24) is 5.32 Å². The van der Waals surface area contributed by atoms with Crippen molar-refractivity contribution in [2.75, 3.05) is 17.2 Å². The summed E-state index contributed by atoms with van der Waals surface area (Å²) in [4.78, 5) is 12.3. The SMILES string of the molecule is C=CCNC(=S)Nc1cccc(NC(=O)C2CCCCC2)c1. The second kappa shape index (κ2) is 8.54. The lowest BCUT2D eigenvalue weighted by Gasteiger charge is -2.21. The largest absolute Gasteiger partial charge is 0.359 e. The number of hydrogen-bond acceptors (Lipinski definition) is 2. The van der Waals surface area contributed by atoms with Crippen molar-refractivity contribution in [2.24, 2.45) is 5.92 Å². The van der Waals surface area contributed by atoms with E-state index in [1.807, 2.05) is 24.3 Å². The summed E-state index contributed by atoms with van der Waals surface area (Å²) in [6.45, 7) is 4.25. The Morgan fingerprint density at radius 1 is 1.23 bits per heavy atom. The van der Waals surface area contributed by atoms with Gasteiger partial charge in [0, 0.05) is 23.8 Å². The van der Waals surface area contributed by atoms with Gasteiger partial charge in [0.1, 0.15) is 0 Å². The molecule has 4 nitrogen and oxygen atoms in total.